The van der Waals surface area contributed by atoms with Gasteiger partial charge < -0.3 is 0 Å². The van der Waals surface area contributed by atoms with E-state index >= 15 is 0 Å². The van der Waals surface area contributed by atoms with Gasteiger partial charge in [0, 0.05) is 37.9 Å². The molecule has 0 atom stereocenters. The highest BCUT2D eigenvalue weighted by Gasteiger charge is 2.31. The van der Waals surface area contributed by atoms with Gasteiger partial charge in [0.15, 0.2) is 5.82 Å². The summed E-state index contributed by atoms with van der Waals surface area (Å²) in [5.74, 6) is 0.764. The van der Waals surface area contributed by atoms with Crippen LogP contribution in [-0.4, -0.2) is 39.7 Å². The van der Waals surface area contributed by atoms with Gasteiger partial charge in [0.05, 0.1) is 10.6 Å². The van der Waals surface area contributed by atoms with E-state index in [-0.39, 0.29) is 11.9 Å². The van der Waals surface area contributed by atoms with Crippen LogP contribution >= 0.6 is 11.3 Å². The SMILES string of the molecule is Cc1ccccc1-n1ccc(N(C(=O)c2cccs2)C2CCN(Cc3ccccc3)CC2)n1. The molecule has 4 aromatic rings. The number of aromatic nitrogens is 2. The summed E-state index contributed by atoms with van der Waals surface area (Å²) in [6.45, 7) is 4.96. The molecule has 1 fully saturated rings. The summed E-state index contributed by atoms with van der Waals surface area (Å²) < 4.78 is 1.88. The van der Waals surface area contributed by atoms with Gasteiger partial charge in [-0.2, -0.15) is 0 Å². The summed E-state index contributed by atoms with van der Waals surface area (Å²) in [5, 5.41) is 6.81. The van der Waals surface area contributed by atoms with Crippen molar-refractivity contribution in [3.8, 4) is 5.69 Å². The highest BCUT2D eigenvalue weighted by atomic mass is 32.1. The minimum Gasteiger partial charge on any atom is -0.299 e. The highest BCUT2D eigenvalue weighted by molar-refractivity contribution is 7.12. The Morgan fingerprint density at radius 1 is 1.00 bits per heavy atom. The van der Waals surface area contributed by atoms with E-state index in [0.29, 0.717) is 0 Å². The Labute approximate surface area is 198 Å². The smallest absolute Gasteiger partial charge is 0.269 e. The van der Waals surface area contributed by atoms with Crippen molar-refractivity contribution in [3.05, 3.63) is 100 Å². The molecule has 3 heterocycles. The Morgan fingerprint density at radius 3 is 2.48 bits per heavy atom. The van der Waals surface area contributed by atoms with Crippen LogP contribution in [0.15, 0.2) is 84.4 Å². The predicted octanol–water partition coefficient (Wildman–Crippen LogP) is 5.55. The maximum absolute atomic E-state index is 13.6. The molecule has 0 bridgehead atoms. The molecule has 1 saturated heterocycles. The molecular formula is C27H28N4OS. The van der Waals surface area contributed by atoms with Crippen molar-refractivity contribution in [2.75, 3.05) is 18.0 Å². The standard InChI is InChI=1S/C27H28N4OS/c1-21-8-5-6-11-24(21)30-18-15-26(28-30)31(27(32)25-12-7-19-33-25)23-13-16-29(17-14-23)20-22-9-3-2-4-10-22/h2-12,15,18-19,23H,13-14,16-17,20H2,1H3. The van der Waals surface area contributed by atoms with E-state index in [9.17, 15) is 4.79 Å². The molecule has 5 rings (SSSR count). The van der Waals surface area contributed by atoms with E-state index in [1.54, 1.807) is 0 Å². The number of carbonyl (C=O) groups excluding carboxylic acids is 1. The van der Waals surface area contributed by atoms with Crippen molar-refractivity contribution >= 4 is 23.1 Å². The summed E-state index contributed by atoms with van der Waals surface area (Å²) in [7, 11) is 0. The van der Waals surface area contributed by atoms with Crippen LogP contribution in [0.2, 0.25) is 0 Å². The van der Waals surface area contributed by atoms with Crippen molar-refractivity contribution < 1.29 is 4.79 Å². The van der Waals surface area contributed by atoms with Crippen LogP contribution in [0, 0.1) is 6.92 Å². The number of aryl methyl sites for hydroxylation is 1. The molecular weight excluding hydrogens is 428 g/mol. The number of anilines is 1. The second-order valence-electron chi connectivity index (χ2n) is 8.55. The molecule has 1 aliphatic heterocycles. The third kappa shape index (κ3) is 4.77. The zero-order valence-electron chi connectivity index (χ0n) is 18.8. The van der Waals surface area contributed by atoms with E-state index in [4.69, 9.17) is 5.10 Å². The quantitative estimate of drug-likeness (QED) is 0.382. The second kappa shape index (κ2) is 9.73. The lowest BCUT2D eigenvalue weighted by Crippen LogP contribution is -2.47. The lowest BCUT2D eigenvalue weighted by molar-refractivity contribution is 0.0961. The van der Waals surface area contributed by atoms with Crippen LogP contribution in [0.1, 0.15) is 33.6 Å². The van der Waals surface area contributed by atoms with Crippen LogP contribution in [0.3, 0.4) is 0 Å². The number of likely N-dealkylation sites (tertiary alicyclic amines) is 1. The third-order valence-electron chi connectivity index (χ3n) is 6.31. The fourth-order valence-electron chi connectivity index (χ4n) is 4.55. The van der Waals surface area contributed by atoms with Crippen LogP contribution in [0.25, 0.3) is 5.69 Å². The average molecular weight is 457 g/mol. The number of piperidine rings is 1. The number of rotatable bonds is 6. The van der Waals surface area contributed by atoms with Crippen molar-refractivity contribution in [2.45, 2.75) is 32.4 Å². The average Bonchev–Trinajstić information content (AvgIpc) is 3.54. The number of benzene rings is 2. The summed E-state index contributed by atoms with van der Waals surface area (Å²) in [6.07, 6.45) is 3.82. The van der Waals surface area contributed by atoms with Crippen LogP contribution in [0.5, 0.6) is 0 Å². The number of nitrogens with zero attached hydrogens (tertiary/aromatic N) is 4. The molecule has 0 aliphatic carbocycles. The highest BCUT2D eigenvalue weighted by Crippen LogP contribution is 2.27. The minimum absolute atomic E-state index is 0.0431. The Balaban J connectivity index is 1.37. The first-order chi connectivity index (χ1) is 16.2. The lowest BCUT2D eigenvalue weighted by Gasteiger charge is -2.37. The van der Waals surface area contributed by atoms with Crippen LogP contribution < -0.4 is 4.90 Å². The zero-order valence-corrected chi connectivity index (χ0v) is 19.6. The van der Waals surface area contributed by atoms with E-state index in [1.807, 2.05) is 51.5 Å². The molecule has 1 aliphatic rings. The van der Waals surface area contributed by atoms with Crippen LogP contribution in [-0.2, 0) is 6.54 Å². The number of hydrogen-bond acceptors (Lipinski definition) is 4. The lowest BCUT2D eigenvalue weighted by atomic mass is 10.0. The molecule has 0 unspecified atom stereocenters. The molecule has 0 N–H and O–H groups in total. The van der Waals surface area contributed by atoms with Gasteiger partial charge in [0.25, 0.3) is 5.91 Å². The minimum atomic E-state index is 0.0431. The number of amides is 1. The van der Waals surface area contributed by atoms with Crippen molar-refractivity contribution in [1.29, 1.82) is 0 Å². The predicted molar refractivity (Wildman–Crippen MR) is 134 cm³/mol. The molecule has 5 nitrogen and oxygen atoms in total. The van der Waals surface area contributed by atoms with Gasteiger partial charge in [-0.3, -0.25) is 14.6 Å². The molecule has 0 saturated carbocycles. The molecule has 33 heavy (non-hydrogen) atoms. The van der Waals surface area contributed by atoms with E-state index in [0.717, 1.165) is 54.4 Å². The molecule has 1 amide bonds. The molecule has 2 aromatic carbocycles. The van der Waals surface area contributed by atoms with Crippen molar-refractivity contribution in [2.24, 2.45) is 0 Å². The summed E-state index contributed by atoms with van der Waals surface area (Å²) in [4.78, 5) is 18.7. The summed E-state index contributed by atoms with van der Waals surface area (Å²) in [5.41, 5.74) is 3.52. The molecule has 168 valence electrons. The summed E-state index contributed by atoms with van der Waals surface area (Å²) >= 11 is 1.49. The first-order valence-corrected chi connectivity index (χ1v) is 12.3. The van der Waals surface area contributed by atoms with E-state index in [2.05, 4.69) is 54.3 Å². The zero-order chi connectivity index (χ0) is 22.6. The number of para-hydroxylation sites is 1. The maximum atomic E-state index is 13.6. The maximum Gasteiger partial charge on any atom is 0.269 e. The third-order valence-corrected chi connectivity index (χ3v) is 7.16. The fourth-order valence-corrected chi connectivity index (χ4v) is 5.21. The monoisotopic (exact) mass is 456 g/mol. The van der Waals surface area contributed by atoms with Crippen molar-refractivity contribution in [1.82, 2.24) is 14.7 Å². The Kier molecular flexibility index (Phi) is 6.37. The molecule has 2 aromatic heterocycles. The topological polar surface area (TPSA) is 41.4 Å². The first-order valence-electron chi connectivity index (χ1n) is 11.4. The second-order valence-corrected chi connectivity index (χ2v) is 9.50. The Hall–Kier alpha value is -3.22. The van der Waals surface area contributed by atoms with Gasteiger partial charge >= 0.3 is 0 Å². The molecule has 0 spiro atoms. The van der Waals surface area contributed by atoms with E-state index < -0.39 is 0 Å². The van der Waals surface area contributed by atoms with Gasteiger partial charge in [-0.15, -0.1) is 16.4 Å². The van der Waals surface area contributed by atoms with Gasteiger partial charge in [-0.25, -0.2) is 4.68 Å². The van der Waals surface area contributed by atoms with Gasteiger partial charge in [0.1, 0.15) is 0 Å². The number of thiophene rings is 1. The normalized spacial score (nSPS) is 14.9. The van der Waals surface area contributed by atoms with Gasteiger partial charge in [-0.1, -0.05) is 54.6 Å². The summed E-state index contributed by atoms with van der Waals surface area (Å²) in [6, 6.07) is 24.7. The first kappa shape index (κ1) is 21.6. The van der Waals surface area contributed by atoms with Crippen molar-refractivity contribution in [3.63, 3.8) is 0 Å². The molecule has 6 heteroatoms. The van der Waals surface area contributed by atoms with Gasteiger partial charge in [-0.05, 0) is 48.4 Å². The van der Waals surface area contributed by atoms with Crippen LogP contribution in [0.4, 0.5) is 5.82 Å². The number of carbonyl (C=O) groups is 1. The van der Waals surface area contributed by atoms with E-state index in [1.165, 1.54) is 16.9 Å². The molecule has 0 radical (unpaired) electrons. The number of hydrogen-bond donors (Lipinski definition) is 0. The van der Waals surface area contributed by atoms with Gasteiger partial charge in [0.2, 0.25) is 0 Å². The largest absolute Gasteiger partial charge is 0.299 e. The fraction of sp³-hybridized carbons (Fsp3) is 0.259. The Morgan fingerprint density at radius 2 is 1.76 bits per heavy atom. The Bertz CT molecular complexity index is 1190.